The summed E-state index contributed by atoms with van der Waals surface area (Å²) in [6.45, 7) is 3.46. The first-order valence-corrected chi connectivity index (χ1v) is 5.22. The topological polar surface area (TPSA) is 43.6 Å². The maximum atomic E-state index is 13.4. The summed E-state index contributed by atoms with van der Waals surface area (Å²) in [6.07, 6.45) is 0. The number of nitrogens with zero attached hydrogens (tertiary/aromatic N) is 4. The van der Waals surface area contributed by atoms with E-state index in [0.29, 0.717) is 17.1 Å². The molecule has 0 spiro atoms. The van der Waals surface area contributed by atoms with Crippen molar-refractivity contribution in [1.82, 2.24) is 20.2 Å². The van der Waals surface area contributed by atoms with Gasteiger partial charge in [-0.1, -0.05) is 6.07 Å². The molecule has 4 nitrogen and oxygen atoms in total. The van der Waals surface area contributed by atoms with Crippen molar-refractivity contribution in [3.63, 3.8) is 0 Å². The lowest BCUT2D eigenvalue weighted by Gasteiger charge is -2.06. The second-order valence-electron chi connectivity index (χ2n) is 3.50. The zero-order valence-electron chi connectivity index (χ0n) is 8.85. The smallest absolute Gasteiger partial charge is 0.174 e. The molecule has 2 aromatic rings. The lowest BCUT2D eigenvalue weighted by Crippen LogP contribution is -2.04. The van der Waals surface area contributed by atoms with E-state index in [4.69, 9.17) is 11.6 Å². The predicted molar refractivity (Wildman–Crippen MR) is 58.1 cm³/mol. The number of benzene rings is 1. The van der Waals surface area contributed by atoms with Crippen LogP contribution in [-0.2, 0) is 0 Å². The molecule has 0 aliphatic carbocycles. The van der Waals surface area contributed by atoms with Gasteiger partial charge in [0.2, 0.25) is 0 Å². The first kappa shape index (κ1) is 11.0. The van der Waals surface area contributed by atoms with Gasteiger partial charge in [-0.25, -0.2) is 4.39 Å². The van der Waals surface area contributed by atoms with Crippen molar-refractivity contribution in [1.29, 1.82) is 0 Å². The van der Waals surface area contributed by atoms with Crippen LogP contribution in [0.4, 0.5) is 4.39 Å². The molecule has 0 saturated carbocycles. The van der Waals surface area contributed by atoms with Crippen molar-refractivity contribution in [2.45, 2.75) is 19.2 Å². The zero-order valence-corrected chi connectivity index (χ0v) is 9.61. The van der Waals surface area contributed by atoms with Gasteiger partial charge in [0.15, 0.2) is 5.82 Å². The van der Waals surface area contributed by atoms with Gasteiger partial charge in [-0.3, -0.25) is 0 Å². The summed E-state index contributed by atoms with van der Waals surface area (Å²) in [5.74, 6) is 0.200. The standard InChI is InChI=1S/C10H10ClFN4/c1-6-3-4-8(5-9(6)12)16-10(7(2)11)13-14-15-16/h3-5,7H,1-2H3. The van der Waals surface area contributed by atoms with Crippen molar-refractivity contribution >= 4 is 11.6 Å². The van der Waals surface area contributed by atoms with E-state index in [1.54, 1.807) is 26.0 Å². The Hall–Kier alpha value is -1.49. The second-order valence-corrected chi connectivity index (χ2v) is 4.15. The molecule has 0 N–H and O–H groups in total. The average Bonchev–Trinajstić information content (AvgIpc) is 2.71. The molecule has 0 amide bonds. The molecule has 0 aliphatic rings. The van der Waals surface area contributed by atoms with Crippen LogP contribution in [0.25, 0.3) is 5.69 Å². The summed E-state index contributed by atoms with van der Waals surface area (Å²) >= 11 is 5.91. The lowest BCUT2D eigenvalue weighted by molar-refractivity contribution is 0.614. The highest BCUT2D eigenvalue weighted by atomic mass is 35.5. The molecular formula is C10H10ClFN4. The molecule has 1 aromatic heterocycles. The number of alkyl halides is 1. The quantitative estimate of drug-likeness (QED) is 0.757. The largest absolute Gasteiger partial charge is 0.207 e. The van der Waals surface area contributed by atoms with Gasteiger partial charge in [0.05, 0.1) is 11.1 Å². The minimum atomic E-state index is -0.334. The number of aromatic nitrogens is 4. The molecule has 1 unspecified atom stereocenters. The van der Waals surface area contributed by atoms with Gasteiger partial charge in [0, 0.05) is 0 Å². The molecule has 16 heavy (non-hydrogen) atoms. The van der Waals surface area contributed by atoms with Crippen LogP contribution in [0.3, 0.4) is 0 Å². The molecule has 2 rings (SSSR count). The van der Waals surface area contributed by atoms with Crippen LogP contribution in [0.2, 0.25) is 0 Å². The first-order chi connectivity index (χ1) is 7.59. The minimum Gasteiger partial charge on any atom is -0.207 e. The number of halogens is 2. The van der Waals surface area contributed by atoms with Gasteiger partial charge in [0.1, 0.15) is 5.82 Å². The first-order valence-electron chi connectivity index (χ1n) is 4.78. The monoisotopic (exact) mass is 240 g/mol. The fourth-order valence-corrected chi connectivity index (χ4v) is 1.48. The van der Waals surface area contributed by atoms with E-state index >= 15 is 0 Å². The van der Waals surface area contributed by atoms with Gasteiger partial charge < -0.3 is 0 Å². The van der Waals surface area contributed by atoms with Crippen molar-refractivity contribution in [3.05, 3.63) is 35.4 Å². The summed E-state index contributed by atoms with van der Waals surface area (Å²) in [5, 5.41) is 10.8. The van der Waals surface area contributed by atoms with Gasteiger partial charge in [-0.2, -0.15) is 4.68 Å². The summed E-state index contributed by atoms with van der Waals surface area (Å²) in [4.78, 5) is 0. The number of rotatable bonds is 2. The summed E-state index contributed by atoms with van der Waals surface area (Å²) in [7, 11) is 0. The predicted octanol–water partition coefficient (Wildman–Crippen LogP) is 2.41. The maximum Gasteiger partial charge on any atom is 0.174 e. The Kier molecular flexibility index (Phi) is 2.87. The molecule has 0 bridgehead atoms. The summed E-state index contributed by atoms with van der Waals surface area (Å²) in [6, 6.07) is 4.81. The van der Waals surface area contributed by atoms with Crippen LogP contribution >= 0.6 is 11.6 Å². The molecule has 84 valence electrons. The van der Waals surface area contributed by atoms with Crippen LogP contribution in [0.1, 0.15) is 23.7 Å². The molecule has 0 fully saturated rings. The highest BCUT2D eigenvalue weighted by Crippen LogP contribution is 2.20. The van der Waals surface area contributed by atoms with E-state index in [1.165, 1.54) is 10.7 Å². The van der Waals surface area contributed by atoms with Crippen molar-refractivity contribution < 1.29 is 4.39 Å². The van der Waals surface area contributed by atoms with E-state index < -0.39 is 0 Å². The zero-order chi connectivity index (χ0) is 11.7. The Bertz CT molecular complexity index is 509. The number of hydrogen-bond donors (Lipinski definition) is 0. The SMILES string of the molecule is Cc1ccc(-n2nnnc2C(C)Cl)cc1F. The average molecular weight is 241 g/mol. The molecule has 1 aromatic carbocycles. The van der Waals surface area contributed by atoms with Crippen LogP contribution in [0.5, 0.6) is 0 Å². The molecule has 6 heteroatoms. The third-order valence-corrected chi connectivity index (χ3v) is 2.44. The third-order valence-electron chi connectivity index (χ3n) is 2.25. The molecule has 0 saturated heterocycles. The number of tetrazole rings is 1. The number of aryl methyl sites for hydroxylation is 1. The molecule has 0 radical (unpaired) electrons. The Labute approximate surface area is 97.0 Å². The van der Waals surface area contributed by atoms with Gasteiger partial charge in [-0.05, 0) is 42.0 Å². The fourth-order valence-electron chi connectivity index (χ4n) is 1.34. The van der Waals surface area contributed by atoms with E-state index in [9.17, 15) is 4.39 Å². The normalized spacial score (nSPS) is 12.8. The third kappa shape index (κ3) is 1.90. The Balaban J connectivity index is 2.50. The van der Waals surface area contributed by atoms with Gasteiger partial charge >= 0.3 is 0 Å². The summed E-state index contributed by atoms with van der Waals surface area (Å²) < 4.78 is 14.8. The second kappa shape index (κ2) is 4.17. The van der Waals surface area contributed by atoms with E-state index in [0.717, 1.165) is 0 Å². The molecular weight excluding hydrogens is 231 g/mol. The Morgan fingerprint density at radius 1 is 1.44 bits per heavy atom. The highest BCUT2D eigenvalue weighted by molar-refractivity contribution is 6.20. The molecule has 0 aliphatic heterocycles. The number of hydrogen-bond acceptors (Lipinski definition) is 3. The van der Waals surface area contributed by atoms with Crippen LogP contribution in [0, 0.1) is 12.7 Å². The Morgan fingerprint density at radius 2 is 2.19 bits per heavy atom. The van der Waals surface area contributed by atoms with Crippen molar-refractivity contribution in [2.75, 3.05) is 0 Å². The van der Waals surface area contributed by atoms with Crippen molar-refractivity contribution in [2.24, 2.45) is 0 Å². The molecule has 1 heterocycles. The van der Waals surface area contributed by atoms with E-state index in [-0.39, 0.29) is 11.2 Å². The van der Waals surface area contributed by atoms with Crippen LogP contribution in [0.15, 0.2) is 18.2 Å². The van der Waals surface area contributed by atoms with Gasteiger partial charge in [0.25, 0.3) is 0 Å². The van der Waals surface area contributed by atoms with E-state index in [2.05, 4.69) is 15.5 Å². The van der Waals surface area contributed by atoms with Gasteiger partial charge in [-0.15, -0.1) is 16.7 Å². The highest BCUT2D eigenvalue weighted by Gasteiger charge is 2.13. The minimum absolute atomic E-state index is 0.291. The lowest BCUT2D eigenvalue weighted by atomic mass is 10.2. The Morgan fingerprint density at radius 3 is 2.81 bits per heavy atom. The molecule has 1 atom stereocenters. The van der Waals surface area contributed by atoms with E-state index in [1.807, 2.05) is 0 Å². The summed E-state index contributed by atoms with van der Waals surface area (Å²) in [5.41, 5.74) is 1.15. The fraction of sp³-hybridized carbons (Fsp3) is 0.300. The van der Waals surface area contributed by atoms with Crippen LogP contribution in [-0.4, -0.2) is 20.2 Å². The maximum absolute atomic E-state index is 13.4. The van der Waals surface area contributed by atoms with Crippen LogP contribution < -0.4 is 0 Å². The van der Waals surface area contributed by atoms with Crippen molar-refractivity contribution in [3.8, 4) is 5.69 Å².